The van der Waals surface area contributed by atoms with Gasteiger partial charge in [0, 0.05) is 11.8 Å². The summed E-state index contributed by atoms with van der Waals surface area (Å²) in [5.41, 5.74) is 4.23. The number of aliphatic imine (C=N–C) groups is 1. The summed E-state index contributed by atoms with van der Waals surface area (Å²) in [7, 11) is 0. The fraction of sp³-hybridized carbons (Fsp3) is 0.300. The van der Waals surface area contributed by atoms with E-state index in [1.165, 1.54) is 0 Å². The predicted octanol–water partition coefficient (Wildman–Crippen LogP) is 1.19. The van der Waals surface area contributed by atoms with Gasteiger partial charge in [-0.05, 0) is 18.6 Å². The lowest BCUT2D eigenvalue weighted by molar-refractivity contribution is 0.309. The number of hydrogen-bond donors (Lipinski definition) is 2. The first-order valence-corrected chi connectivity index (χ1v) is 4.49. The second kappa shape index (κ2) is 5.31. The summed E-state index contributed by atoms with van der Waals surface area (Å²) in [6.07, 6.45) is 3.52. The molecule has 0 saturated carbocycles. The first kappa shape index (κ1) is 11.5. The van der Waals surface area contributed by atoms with Gasteiger partial charge in [0.25, 0.3) is 0 Å². The average Bonchev–Trinajstić information content (AvgIpc) is 2.36. The highest BCUT2D eigenvalue weighted by atomic mass is 19.1. The maximum atomic E-state index is 12.4. The fourth-order valence-electron chi connectivity index (χ4n) is 1.11. The van der Waals surface area contributed by atoms with E-state index in [1.54, 1.807) is 6.08 Å². The second-order valence-corrected chi connectivity index (χ2v) is 3.07. The van der Waals surface area contributed by atoms with Gasteiger partial charge in [-0.25, -0.2) is 9.38 Å². The van der Waals surface area contributed by atoms with Gasteiger partial charge in [-0.2, -0.15) is 0 Å². The molecule has 0 aromatic carbocycles. The Labute approximate surface area is 88.0 Å². The molecule has 0 fully saturated rings. The summed E-state index contributed by atoms with van der Waals surface area (Å²) in [6, 6.07) is 0. The van der Waals surface area contributed by atoms with Crippen LogP contribution in [0.5, 0.6) is 0 Å². The smallest absolute Gasteiger partial charge is 0.209 e. The van der Waals surface area contributed by atoms with E-state index in [0.717, 1.165) is 11.3 Å². The van der Waals surface area contributed by atoms with E-state index in [4.69, 9.17) is 10.6 Å². The third kappa shape index (κ3) is 3.55. The van der Waals surface area contributed by atoms with E-state index in [2.05, 4.69) is 17.0 Å². The Morgan fingerprint density at radius 1 is 1.80 bits per heavy atom. The molecule has 0 aliphatic carbocycles. The minimum Gasteiger partial charge on any atom is -0.471 e. The Morgan fingerprint density at radius 2 is 2.53 bits per heavy atom. The molecule has 3 N–H and O–H groups in total. The highest BCUT2D eigenvalue weighted by molar-refractivity contribution is 5.89. The molecule has 15 heavy (non-hydrogen) atoms. The minimum absolute atomic E-state index is 0.173. The van der Waals surface area contributed by atoms with Crippen LogP contribution in [0.1, 0.15) is 6.92 Å². The van der Waals surface area contributed by atoms with Crippen LogP contribution in [0, 0.1) is 0 Å². The minimum atomic E-state index is -0.530. The van der Waals surface area contributed by atoms with Crippen LogP contribution in [0.15, 0.2) is 40.8 Å². The molecular formula is C10H14FN3O. The maximum Gasteiger partial charge on any atom is 0.209 e. The van der Waals surface area contributed by atoms with Crippen molar-refractivity contribution in [2.75, 3.05) is 13.2 Å². The van der Waals surface area contributed by atoms with Crippen LogP contribution in [0.4, 0.5) is 4.39 Å². The molecule has 1 aliphatic rings. The van der Waals surface area contributed by atoms with Gasteiger partial charge in [-0.1, -0.05) is 6.58 Å². The Morgan fingerprint density at radius 3 is 3.13 bits per heavy atom. The largest absolute Gasteiger partial charge is 0.471 e. The Hall–Kier alpha value is -1.62. The standard InChI is InChI=1S/C10H14FN3O/c1-7-5-10(15-6-8(2)11)13-4-3-9(7)14-12/h3,5,14H,2,4,6,12H2,1H3. The van der Waals surface area contributed by atoms with E-state index in [-0.39, 0.29) is 6.61 Å². The van der Waals surface area contributed by atoms with Crippen molar-refractivity contribution in [1.82, 2.24) is 5.43 Å². The van der Waals surface area contributed by atoms with Gasteiger partial charge in [-0.15, -0.1) is 0 Å². The third-order valence-corrected chi connectivity index (χ3v) is 1.84. The van der Waals surface area contributed by atoms with Crippen LogP contribution >= 0.6 is 0 Å². The maximum absolute atomic E-state index is 12.4. The third-order valence-electron chi connectivity index (χ3n) is 1.84. The van der Waals surface area contributed by atoms with Gasteiger partial charge in [0.2, 0.25) is 5.90 Å². The first-order valence-electron chi connectivity index (χ1n) is 4.49. The molecule has 1 aliphatic heterocycles. The normalized spacial score (nSPS) is 15.8. The lowest BCUT2D eigenvalue weighted by Crippen LogP contribution is -2.22. The monoisotopic (exact) mass is 211 g/mol. The molecular weight excluding hydrogens is 197 g/mol. The van der Waals surface area contributed by atoms with Crippen LogP contribution < -0.4 is 11.3 Å². The molecule has 4 nitrogen and oxygen atoms in total. The molecule has 82 valence electrons. The lowest BCUT2D eigenvalue weighted by Gasteiger charge is -2.05. The van der Waals surface area contributed by atoms with E-state index in [9.17, 15) is 4.39 Å². The summed E-state index contributed by atoms with van der Waals surface area (Å²) < 4.78 is 17.4. The van der Waals surface area contributed by atoms with Crippen molar-refractivity contribution in [3.63, 3.8) is 0 Å². The van der Waals surface area contributed by atoms with Crippen LogP contribution in [-0.4, -0.2) is 19.0 Å². The SMILES string of the molecule is C=C(F)COC1=NCC=C(NN)C(C)=C1. The van der Waals surface area contributed by atoms with E-state index < -0.39 is 5.83 Å². The lowest BCUT2D eigenvalue weighted by atomic mass is 10.2. The Kier molecular flexibility index (Phi) is 4.05. The fourth-order valence-corrected chi connectivity index (χ4v) is 1.11. The zero-order valence-corrected chi connectivity index (χ0v) is 8.59. The Bertz CT molecular complexity index is 345. The quantitative estimate of drug-likeness (QED) is 0.544. The Balaban J connectivity index is 2.67. The van der Waals surface area contributed by atoms with Crippen molar-refractivity contribution in [2.24, 2.45) is 10.8 Å². The van der Waals surface area contributed by atoms with Crippen molar-refractivity contribution in [3.8, 4) is 0 Å². The molecule has 5 heteroatoms. The molecule has 0 amide bonds. The second-order valence-electron chi connectivity index (χ2n) is 3.07. The highest BCUT2D eigenvalue weighted by Gasteiger charge is 2.06. The summed E-state index contributed by atoms with van der Waals surface area (Å²) >= 11 is 0. The summed E-state index contributed by atoms with van der Waals surface area (Å²) in [4.78, 5) is 4.08. The molecule has 1 heterocycles. The van der Waals surface area contributed by atoms with Gasteiger partial charge in [-0.3, -0.25) is 5.84 Å². The van der Waals surface area contributed by atoms with Crippen LogP contribution in [-0.2, 0) is 4.74 Å². The predicted molar refractivity (Wildman–Crippen MR) is 57.7 cm³/mol. The van der Waals surface area contributed by atoms with E-state index >= 15 is 0 Å². The number of rotatable bonds is 3. The summed E-state index contributed by atoms with van der Waals surface area (Å²) in [6.45, 7) is 5.23. The summed E-state index contributed by atoms with van der Waals surface area (Å²) in [5, 5.41) is 0. The van der Waals surface area contributed by atoms with Crippen molar-refractivity contribution in [2.45, 2.75) is 6.92 Å². The van der Waals surface area contributed by atoms with Gasteiger partial charge in [0.05, 0.1) is 6.54 Å². The number of nitrogens with zero attached hydrogens (tertiary/aromatic N) is 1. The van der Waals surface area contributed by atoms with Crippen LogP contribution in [0.25, 0.3) is 0 Å². The van der Waals surface area contributed by atoms with Gasteiger partial charge >= 0.3 is 0 Å². The topological polar surface area (TPSA) is 59.6 Å². The van der Waals surface area contributed by atoms with Crippen LogP contribution in [0.2, 0.25) is 0 Å². The van der Waals surface area contributed by atoms with Gasteiger partial charge in [0.15, 0.2) is 0 Å². The highest BCUT2D eigenvalue weighted by Crippen LogP contribution is 2.09. The molecule has 0 bridgehead atoms. The van der Waals surface area contributed by atoms with Gasteiger partial charge < -0.3 is 10.2 Å². The number of ether oxygens (including phenoxy) is 1. The molecule has 1 rings (SSSR count). The van der Waals surface area contributed by atoms with Crippen molar-refractivity contribution >= 4 is 5.90 Å². The number of hydrazine groups is 1. The van der Waals surface area contributed by atoms with Crippen LogP contribution in [0.3, 0.4) is 0 Å². The summed E-state index contributed by atoms with van der Waals surface area (Å²) in [5.74, 6) is 5.16. The number of nitrogens with two attached hydrogens (primary N) is 1. The molecule has 0 aromatic rings. The molecule has 0 unspecified atom stereocenters. The first-order chi connectivity index (χ1) is 7.13. The average molecular weight is 211 g/mol. The molecule has 0 spiro atoms. The van der Waals surface area contributed by atoms with Crippen molar-refractivity contribution in [1.29, 1.82) is 0 Å². The van der Waals surface area contributed by atoms with Gasteiger partial charge in [0.1, 0.15) is 12.4 Å². The molecule has 0 radical (unpaired) electrons. The number of hydrogen-bond acceptors (Lipinski definition) is 4. The van der Waals surface area contributed by atoms with E-state index in [1.807, 2.05) is 13.0 Å². The zero-order chi connectivity index (χ0) is 11.3. The zero-order valence-electron chi connectivity index (χ0n) is 8.59. The number of nitrogens with one attached hydrogen (secondary N) is 1. The molecule has 0 aromatic heterocycles. The molecule has 0 atom stereocenters. The number of halogens is 1. The van der Waals surface area contributed by atoms with E-state index in [0.29, 0.717) is 12.4 Å². The molecule has 0 saturated heterocycles. The van der Waals surface area contributed by atoms with Crippen molar-refractivity contribution in [3.05, 3.63) is 35.8 Å². The number of allylic oxidation sites excluding steroid dienone is 1. The van der Waals surface area contributed by atoms with Crippen molar-refractivity contribution < 1.29 is 9.13 Å².